The van der Waals surface area contributed by atoms with Crippen LogP contribution in [-0.4, -0.2) is 53.4 Å². The van der Waals surface area contributed by atoms with E-state index in [9.17, 15) is 24.5 Å². The fourth-order valence-electron chi connectivity index (χ4n) is 3.76. The van der Waals surface area contributed by atoms with Crippen molar-refractivity contribution in [3.8, 4) is 5.75 Å². The summed E-state index contributed by atoms with van der Waals surface area (Å²) < 4.78 is 10.8. The average molecular weight is 439 g/mol. The van der Waals surface area contributed by atoms with Crippen LogP contribution in [0.2, 0.25) is 0 Å². The number of ether oxygens (including phenoxy) is 2. The van der Waals surface area contributed by atoms with Crippen LogP contribution in [0.15, 0.2) is 36.4 Å². The lowest BCUT2D eigenvalue weighted by atomic mass is 10.1. The van der Waals surface area contributed by atoms with Gasteiger partial charge in [0.2, 0.25) is 0 Å². The first-order valence-corrected chi connectivity index (χ1v) is 10.1. The Bertz CT molecular complexity index is 1110. The van der Waals surface area contributed by atoms with Gasteiger partial charge in [-0.3, -0.25) is 29.4 Å². The molecule has 1 fully saturated rings. The second-order valence-electron chi connectivity index (χ2n) is 7.68. The first-order valence-electron chi connectivity index (χ1n) is 10.1. The monoisotopic (exact) mass is 439 g/mol. The highest BCUT2D eigenvalue weighted by Crippen LogP contribution is 2.29. The fraction of sp³-hybridized carbons (Fsp3) is 0.318. The summed E-state index contributed by atoms with van der Waals surface area (Å²) in [6.07, 6.45) is 1.55. The Hall–Kier alpha value is -3.79. The van der Waals surface area contributed by atoms with Gasteiger partial charge in [0.05, 0.1) is 28.7 Å². The highest BCUT2D eigenvalue weighted by Gasteiger charge is 2.37. The van der Waals surface area contributed by atoms with E-state index in [1.165, 1.54) is 35.2 Å². The molecule has 2 aromatic carbocycles. The summed E-state index contributed by atoms with van der Waals surface area (Å²) in [5, 5.41) is 13.7. The molecule has 10 heteroatoms. The Balaban J connectivity index is 1.41. The van der Waals surface area contributed by atoms with Crippen molar-refractivity contribution in [2.45, 2.75) is 25.9 Å². The molecule has 2 heterocycles. The van der Waals surface area contributed by atoms with E-state index in [0.717, 1.165) is 12.8 Å². The maximum atomic E-state index is 12.7. The number of nitro groups is 1. The number of carbonyl (C=O) groups is 3. The van der Waals surface area contributed by atoms with Gasteiger partial charge in [-0.15, -0.1) is 0 Å². The normalized spacial score (nSPS) is 17.4. The summed E-state index contributed by atoms with van der Waals surface area (Å²) in [4.78, 5) is 49.4. The van der Waals surface area contributed by atoms with Crippen LogP contribution in [0.5, 0.6) is 5.75 Å². The summed E-state index contributed by atoms with van der Waals surface area (Å²) in [7, 11) is 0. The topological polar surface area (TPSA) is 128 Å². The molecule has 0 radical (unpaired) electrons. The van der Waals surface area contributed by atoms with E-state index < -0.39 is 23.3 Å². The summed E-state index contributed by atoms with van der Waals surface area (Å²) in [5.41, 5.74) is 1.26. The van der Waals surface area contributed by atoms with E-state index in [2.05, 4.69) is 5.32 Å². The molecule has 3 amide bonds. The van der Waals surface area contributed by atoms with E-state index in [-0.39, 0.29) is 41.1 Å². The average Bonchev–Trinajstić information content (AvgIpc) is 3.36. The van der Waals surface area contributed by atoms with Crippen LogP contribution in [-0.2, 0) is 9.53 Å². The number of nitro benzene ring substituents is 1. The van der Waals surface area contributed by atoms with Crippen molar-refractivity contribution in [1.82, 2.24) is 4.90 Å². The van der Waals surface area contributed by atoms with Gasteiger partial charge in [0.1, 0.15) is 0 Å². The molecule has 32 heavy (non-hydrogen) atoms. The molecule has 0 spiro atoms. The van der Waals surface area contributed by atoms with E-state index in [1.54, 1.807) is 13.0 Å². The van der Waals surface area contributed by atoms with Gasteiger partial charge in [-0.1, -0.05) is 6.07 Å². The molecule has 2 aliphatic heterocycles. The molecule has 0 aliphatic carbocycles. The van der Waals surface area contributed by atoms with E-state index >= 15 is 0 Å². The lowest BCUT2D eigenvalue weighted by molar-refractivity contribution is -0.385. The summed E-state index contributed by atoms with van der Waals surface area (Å²) in [6, 6.07) is 8.89. The van der Waals surface area contributed by atoms with Crippen LogP contribution in [0.3, 0.4) is 0 Å². The maximum absolute atomic E-state index is 12.7. The van der Waals surface area contributed by atoms with Gasteiger partial charge < -0.3 is 14.8 Å². The minimum Gasteiger partial charge on any atom is -0.477 e. The number of nitrogens with zero attached hydrogens (tertiary/aromatic N) is 2. The lowest BCUT2D eigenvalue weighted by Crippen LogP contribution is -2.36. The summed E-state index contributed by atoms with van der Waals surface area (Å²) in [5.74, 6) is -1.39. The zero-order valence-corrected chi connectivity index (χ0v) is 17.3. The number of rotatable bonds is 7. The van der Waals surface area contributed by atoms with Crippen molar-refractivity contribution in [2.24, 2.45) is 0 Å². The fourth-order valence-corrected chi connectivity index (χ4v) is 3.76. The molecule has 1 unspecified atom stereocenters. The summed E-state index contributed by atoms with van der Waals surface area (Å²) >= 11 is 0. The molecule has 166 valence electrons. The lowest BCUT2D eigenvalue weighted by Gasteiger charge is -2.17. The molecule has 1 saturated heterocycles. The van der Waals surface area contributed by atoms with Gasteiger partial charge in [0.25, 0.3) is 17.7 Å². The van der Waals surface area contributed by atoms with Gasteiger partial charge in [-0.25, -0.2) is 0 Å². The standard InChI is InChI=1S/C22H21N3O7/c1-13-4-7-19(18(9-13)25(29)30)32-12-20(26)23-14-5-6-16-17(10-14)22(28)24(21(16)27)11-15-3-2-8-31-15/h4-7,9-10,15H,2-3,8,11-12H2,1H3,(H,23,26). The molecule has 1 atom stereocenters. The van der Waals surface area contributed by atoms with Gasteiger partial charge in [0.15, 0.2) is 12.4 Å². The number of amides is 3. The minimum atomic E-state index is -0.578. The van der Waals surface area contributed by atoms with Crippen molar-refractivity contribution >= 4 is 29.1 Å². The largest absolute Gasteiger partial charge is 0.477 e. The molecular formula is C22H21N3O7. The Morgan fingerprint density at radius 3 is 2.72 bits per heavy atom. The molecule has 1 N–H and O–H groups in total. The smallest absolute Gasteiger partial charge is 0.311 e. The first kappa shape index (κ1) is 21.4. The quantitative estimate of drug-likeness (QED) is 0.399. The highest BCUT2D eigenvalue weighted by atomic mass is 16.6. The molecular weight excluding hydrogens is 418 g/mol. The van der Waals surface area contributed by atoms with Gasteiger partial charge >= 0.3 is 5.69 Å². The molecule has 10 nitrogen and oxygen atoms in total. The third-order valence-corrected chi connectivity index (χ3v) is 5.33. The van der Waals surface area contributed by atoms with Crippen molar-refractivity contribution in [3.05, 3.63) is 63.2 Å². The first-order chi connectivity index (χ1) is 15.3. The zero-order chi connectivity index (χ0) is 22.8. The molecule has 2 aliphatic rings. The van der Waals surface area contributed by atoms with Crippen molar-refractivity contribution < 1.29 is 28.8 Å². The molecule has 4 rings (SSSR count). The number of aryl methyl sites for hydroxylation is 1. The number of hydrogen-bond donors (Lipinski definition) is 1. The van der Waals surface area contributed by atoms with Crippen molar-refractivity contribution in [2.75, 3.05) is 25.1 Å². The third kappa shape index (κ3) is 4.30. The number of imide groups is 1. The van der Waals surface area contributed by atoms with Crippen LogP contribution in [0.25, 0.3) is 0 Å². The predicted octanol–water partition coefficient (Wildman–Crippen LogP) is 2.70. The number of anilines is 1. The second kappa shape index (κ2) is 8.75. The zero-order valence-electron chi connectivity index (χ0n) is 17.3. The molecule has 0 saturated carbocycles. The Morgan fingerprint density at radius 1 is 1.22 bits per heavy atom. The Kier molecular flexibility index (Phi) is 5.87. The van der Waals surface area contributed by atoms with Crippen LogP contribution in [0, 0.1) is 17.0 Å². The maximum Gasteiger partial charge on any atom is 0.311 e. The molecule has 0 aromatic heterocycles. The van der Waals surface area contributed by atoms with E-state index in [1.807, 2.05) is 0 Å². The second-order valence-corrected chi connectivity index (χ2v) is 7.68. The number of carbonyl (C=O) groups excluding carboxylic acids is 3. The van der Waals surface area contributed by atoms with Gasteiger partial charge in [0, 0.05) is 18.4 Å². The summed E-state index contributed by atoms with van der Waals surface area (Å²) in [6.45, 7) is 2.08. The van der Waals surface area contributed by atoms with Crippen molar-refractivity contribution in [3.63, 3.8) is 0 Å². The van der Waals surface area contributed by atoms with E-state index in [0.29, 0.717) is 17.9 Å². The van der Waals surface area contributed by atoms with Crippen LogP contribution >= 0.6 is 0 Å². The van der Waals surface area contributed by atoms with Crippen LogP contribution < -0.4 is 10.1 Å². The SMILES string of the molecule is Cc1ccc(OCC(=O)Nc2ccc3c(c2)C(=O)N(CC2CCCO2)C3=O)c([N+](=O)[O-])c1. The number of nitrogens with one attached hydrogen (secondary N) is 1. The van der Waals surface area contributed by atoms with E-state index in [4.69, 9.17) is 9.47 Å². The minimum absolute atomic E-state index is 0.0183. The van der Waals surface area contributed by atoms with Gasteiger partial charge in [-0.2, -0.15) is 0 Å². The highest BCUT2D eigenvalue weighted by molar-refractivity contribution is 6.21. The predicted molar refractivity (Wildman–Crippen MR) is 113 cm³/mol. The third-order valence-electron chi connectivity index (χ3n) is 5.33. The Morgan fingerprint density at radius 2 is 2.00 bits per heavy atom. The number of fused-ring (bicyclic) bond motifs is 1. The van der Waals surface area contributed by atoms with Gasteiger partial charge in [-0.05, 0) is 49.6 Å². The number of benzene rings is 2. The number of hydrogen-bond acceptors (Lipinski definition) is 7. The molecule has 0 bridgehead atoms. The van der Waals surface area contributed by atoms with Crippen LogP contribution in [0.1, 0.15) is 39.1 Å². The molecule has 2 aromatic rings. The Labute approximate surface area is 183 Å². The van der Waals surface area contributed by atoms with Crippen molar-refractivity contribution in [1.29, 1.82) is 0 Å². The van der Waals surface area contributed by atoms with Crippen LogP contribution in [0.4, 0.5) is 11.4 Å².